The van der Waals surface area contributed by atoms with Gasteiger partial charge in [-0.05, 0) is 36.4 Å². The lowest BCUT2D eigenvalue weighted by atomic mass is 10.1. The number of nitrogens with one attached hydrogen (secondary N) is 1. The van der Waals surface area contributed by atoms with Gasteiger partial charge in [0.1, 0.15) is 29.2 Å². The summed E-state index contributed by atoms with van der Waals surface area (Å²) in [6.07, 6.45) is 0. The van der Waals surface area contributed by atoms with Crippen LogP contribution in [0.1, 0.15) is 5.82 Å². The Hall–Kier alpha value is -3.05. The molecule has 2 aliphatic rings. The lowest BCUT2D eigenvalue weighted by molar-refractivity contribution is -0.137. The van der Waals surface area contributed by atoms with Crippen molar-refractivity contribution in [2.24, 2.45) is 5.84 Å². The second-order valence-electron chi connectivity index (χ2n) is 8.17. The van der Waals surface area contributed by atoms with Crippen LogP contribution in [0.4, 0.5) is 20.3 Å². The van der Waals surface area contributed by atoms with Crippen molar-refractivity contribution in [2.45, 2.75) is 19.1 Å². The van der Waals surface area contributed by atoms with Crippen LogP contribution in [0.5, 0.6) is 0 Å². The van der Waals surface area contributed by atoms with Gasteiger partial charge in [0.05, 0.1) is 30.5 Å². The fourth-order valence-electron chi connectivity index (χ4n) is 4.25. The van der Waals surface area contributed by atoms with E-state index in [9.17, 15) is 13.6 Å². The first kappa shape index (κ1) is 22.7. The molecule has 1 atom stereocenters. The number of nitrogens with zero attached hydrogens (tertiary/aromatic N) is 4. The number of fused-ring (bicyclic) bond motifs is 1. The lowest BCUT2D eigenvalue weighted by Crippen LogP contribution is -2.54. The number of halogens is 3. The Morgan fingerprint density at radius 1 is 1.21 bits per heavy atom. The topological polar surface area (TPSA) is 88.7 Å². The number of ether oxygens (including phenoxy) is 1. The molecule has 5 rings (SSSR count). The molecule has 1 aromatic heterocycles. The van der Waals surface area contributed by atoms with Crippen LogP contribution in [0.2, 0.25) is 5.02 Å². The van der Waals surface area contributed by atoms with Crippen LogP contribution in [-0.4, -0.2) is 52.7 Å². The molecule has 1 unspecified atom stereocenters. The Bertz CT molecular complexity index is 1210. The number of benzene rings is 2. The van der Waals surface area contributed by atoms with Crippen LogP contribution in [0.25, 0.3) is 11.3 Å². The minimum absolute atomic E-state index is 0.0133. The van der Waals surface area contributed by atoms with Gasteiger partial charge in [-0.25, -0.2) is 19.6 Å². The van der Waals surface area contributed by atoms with Crippen LogP contribution < -0.4 is 16.2 Å². The van der Waals surface area contributed by atoms with Gasteiger partial charge in [0.25, 0.3) is 0 Å². The molecule has 3 heterocycles. The maximum Gasteiger partial charge on any atom is 0.242 e. The average Bonchev–Trinajstić information content (AvgIpc) is 3.24. The first-order valence-electron chi connectivity index (χ1n) is 10.9. The molecule has 0 saturated carbocycles. The van der Waals surface area contributed by atoms with E-state index in [0.717, 1.165) is 0 Å². The predicted octanol–water partition coefficient (Wildman–Crippen LogP) is 2.82. The molecule has 178 valence electrons. The first-order valence-corrected chi connectivity index (χ1v) is 11.3. The Balaban J connectivity index is 1.53. The number of hydrazine groups is 1. The maximum absolute atomic E-state index is 14.2. The molecule has 3 aromatic rings. The van der Waals surface area contributed by atoms with E-state index in [0.29, 0.717) is 61.4 Å². The molecule has 1 fully saturated rings. The van der Waals surface area contributed by atoms with E-state index >= 15 is 0 Å². The normalized spacial score (nSPS) is 18.0. The van der Waals surface area contributed by atoms with Crippen LogP contribution in [-0.2, 0) is 22.6 Å². The maximum atomic E-state index is 14.2. The van der Waals surface area contributed by atoms with Crippen molar-refractivity contribution in [3.8, 4) is 11.3 Å². The van der Waals surface area contributed by atoms with Crippen molar-refractivity contribution in [1.82, 2.24) is 19.8 Å². The van der Waals surface area contributed by atoms with E-state index in [1.165, 1.54) is 29.3 Å². The Kier molecular flexibility index (Phi) is 6.22. The molecule has 1 amide bonds. The molecule has 8 nitrogen and oxygen atoms in total. The standard InChI is InChI=1S/C23H23ClF2N6O2/c24-17-6-5-16(11-18(17)26)32(27)22-21(14-1-3-15(25)4-2-14)29-20-12-30(8-9-31(20)22)23(33)19-13-34-10-7-28-19/h1-6,11,19,28H,7-10,12-13,27H2. The Morgan fingerprint density at radius 2 is 2.00 bits per heavy atom. The summed E-state index contributed by atoms with van der Waals surface area (Å²) in [6.45, 7) is 2.68. The van der Waals surface area contributed by atoms with Crippen molar-refractivity contribution < 1.29 is 18.3 Å². The van der Waals surface area contributed by atoms with E-state index in [1.807, 2.05) is 4.57 Å². The fraction of sp³-hybridized carbons (Fsp3) is 0.304. The summed E-state index contributed by atoms with van der Waals surface area (Å²) in [5, 5.41) is 4.51. The number of carbonyl (C=O) groups excluding carboxylic acids is 1. The van der Waals surface area contributed by atoms with Gasteiger partial charge in [-0.2, -0.15) is 0 Å². The third kappa shape index (κ3) is 4.25. The van der Waals surface area contributed by atoms with Crippen LogP contribution in [0, 0.1) is 11.6 Å². The number of rotatable bonds is 4. The molecule has 2 aliphatic heterocycles. The van der Waals surface area contributed by atoms with Crippen molar-refractivity contribution in [3.63, 3.8) is 0 Å². The second kappa shape index (κ2) is 9.30. The monoisotopic (exact) mass is 488 g/mol. The Morgan fingerprint density at radius 3 is 2.71 bits per heavy atom. The molecule has 0 radical (unpaired) electrons. The number of aromatic nitrogens is 2. The minimum Gasteiger partial charge on any atom is -0.378 e. The summed E-state index contributed by atoms with van der Waals surface area (Å²) in [5.41, 5.74) is 1.51. The molecule has 0 spiro atoms. The summed E-state index contributed by atoms with van der Waals surface area (Å²) < 4.78 is 35.1. The van der Waals surface area contributed by atoms with Gasteiger partial charge < -0.3 is 19.5 Å². The van der Waals surface area contributed by atoms with E-state index in [-0.39, 0.29) is 23.3 Å². The molecule has 1 saturated heterocycles. The van der Waals surface area contributed by atoms with Crippen LogP contribution >= 0.6 is 11.6 Å². The zero-order valence-corrected chi connectivity index (χ0v) is 18.9. The summed E-state index contributed by atoms with van der Waals surface area (Å²) in [6, 6.07) is 9.77. The van der Waals surface area contributed by atoms with Crippen LogP contribution in [0.3, 0.4) is 0 Å². The zero-order chi connectivity index (χ0) is 23.8. The highest BCUT2D eigenvalue weighted by Gasteiger charge is 2.32. The third-order valence-corrected chi connectivity index (χ3v) is 6.31. The average molecular weight is 489 g/mol. The highest BCUT2D eigenvalue weighted by Crippen LogP contribution is 2.36. The van der Waals surface area contributed by atoms with Crippen molar-refractivity contribution in [3.05, 3.63) is 64.9 Å². The second-order valence-corrected chi connectivity index (χ2v) is 8.58. The highest BCUT2D eigenvalue weighted by atomic mass is 35.5. The number of amides is 1. The first-order chi connectivity index (χ1) is 16.4. The quantitative estimate of drug-likeness (QED) is 0.434. The highest BCUT2D eigenvalue weighted by molar-refractivity contribution is 6.30. The molecule has 0 aliphatic carbocycles. The van der Waals surface area contributed by atoms with Gasteiger partial charge in [0.15, 0.2) is 5.82 Å². The molecular weight excluding hydrogens is 466 g/mol. The van der Waals surface area contributed by atoms with E-state index in [2.05, 4.69) is 5.32 Å². The number of hydrogen-bond acceptors (Lipinski definition) is 6. The van der Waals surface area contributed by atoms with Gasteiger partial charge in [0, 0.05) is 31.3 Å². The number of imidazole rings is 1. The van der Waals surface area contributed by atoms with Gasteiger partial charge >= 0.3 is 0 Å². The SMILES string of the molecule is NN(c1ccc(Cl)c(F)c1)c1c(-c2ccc(F)cc2)nc2n1CCN(C(=O)C1COCCN1)C2. The number of carbonyl (C=O) groups is 1. The molecule has 0 bridgehead atoms. The number of morpholine rings is 1. The van der Waals surface area contributed by atoms with Crippen molar-refractivity contribution in [1.29, 1.82) is 0 Å². The van der Waals surface area contributed by atoms with Gasteiger partial charge in [0.2, 0.25) is 5.91 Å². The van der Waals surface area contributed by atoms with Gasteiger partial charge in [-0.15, -0.1) is 0 Å². The van der Waals surface area contributed by atoms with E-state index in [1.54, 1.807) is 23.1 Å². The molecule has 3 N–H and O–H groups in total. The van der Waals surface area contributed by atoms with Gasteiger partial charge in [-0.3, -0.25) is 9.80 Å². The summed E-state index contributed by atoms with van der Waals surface area (Å²) >= 11 is 5.84. The third-order valence-electron chi connectivity index (χ3n) is 6.00. The van der Waals surface area contributed by atoms with Crippen molar-refractivity contribution >= 4 is 29.0 Å². The van der Waals surface area contributed by atoms with Crippen LogP contribution in [0.15, 0.2) is 42.5 Å². The fourth-order valence-corrected chi connectivity index (χ4v) is 4.37. The minimum atomic E-state index is -0.602. The summed E-state index contributed by atoms with van der Waals surface area (Å²) in [4.78, 5) is 19.5. The van der Waals surface area contributed by atoms with Crippen molar-refractivity contribution in [2.75, 3.05) is 31.3 Å². The number of anilines is 2. The zero-order valence-electron chi connectivity index (χ0n) is 18.2. The largest absolute Gasteiger partial charge is 0.378 e. The predicted molar refractivity (Wildman–Crippen MR) is 123 cm³/mol. The van der Waals surface area contributed by atoms with E-state index in [4.69, 9.17) is 27.2 Å². The molecular formula is C23H23ClF2N6O2. The number of hydrogen-bond donors (Lipinski definition) is 2. The molecule has 2 aromatic carbocycles. The lowest BCUT2D eigenvalue weighted by Gasteiger charge is -2.33. The molecule has 34 heavy (non-hydrogen) atoms. The van der Waals surface area contributed by atoms with E-state index < -0.39 is 11.9 Å². The Labute approximate surface area is 199 Å². The number of nitrogens with two attached hydrogens (primary N) is 1. The summed E-state index contributed by atoms with van der Waals surface area (Å²) in [7, 11) is 0. The smallest absolute Gasteiger partial charge is 0.242 e. The summed E-state index contributed by atoms with van der Waals surface area (Å²) in [5.74, 6) is 6.56. The molecule has 11 heteroatoms. The van der Waals surface area contributed by atoms with Gasteiger partial charge in [-0.1, -0.05) is 11.6 Å².